The maximum atomic E-state index is 2.53. The summed E-state index contributed by atoms with van der Waals surface area (Å²) in [5.41, 5.74) is 0. The molecule has 0 aliphatic heterocycles. The van der Waals surface area contributed by atoms with E-state index in [9.17, 15) is 0 Å². The average Bonchev–Trinajstić information content (AvgIpc) is 2.62. The van der Waals surface area contributed by atoms with Crippen LogP contribution in [0.5, 0.6) is 0 Å². The smallest absolute Gasteiger partial charge is 0.0136 e. The van der Waals surface area contributed by atoms with E-state index in [1.54, 1.807) is 0 Å². The molecule has 0 spiro atoms. The van der Waals surface area contributed by atoms with Crippen LogP contribution in [-0.2, 0) is 0 Å². The summed E-state index contributed by atoms with van der Waals surface area (Å²) < 4.78 is 0. The van der Waals surface area contributed by atoms with Crippen LogP contribution in [0.25, 0.3) is 0 Å². The zero-order valence-corrected chi connectivity index (χ0v) is 8.15. The summed E-state index contributed by atoms with van der Waals surface area (Å²) in [7, 11) is 0. The van der Waals surface area contributed by atoms with E-state index < -0.39 is 0 Å². The van der Waals surface area contributed by atoms with Crippen molar-refractivity contribution in [3.05, 3.63) is 24.3 Å². The van der Waals surface area contributed by atoms with Crippen LogP contribution >= 0.6 is 0 Å². The number of rotatable bonds is 0. The van der Waals surface area contributed by atoms with Gasteiger partial charge in [0.05, 0.1) is 0 Å². The molecule has 0 radical (unpaired) electrons. The highest BCUT2D eigenvalue weighted by molar-refractivity contribution is 5.17. The van der Waals surface area contributed by atoms with E-state index >= 15 is 0 Å². The fraction of sp³-hybridized carbons (Fsp3) is 0.692. The highest BCUT2D eigenvalue weighted by atomic mass is 14.5. The van der Waals surface area contributed by atoms with Gasteiger partial charge in [-0.3, -0.25) is 0 Å². The highest BCUT2D eigenvalue weighted by Gasteiger charge is 2.42. The Morgan fingerprint density at radius 3 is 2.85 bits per heavy atom. The first-order valence-electron chi connectivity index (χ1n) is 5.80. The summed E-state index contributed by atoms with van der Waals surface area (Å²) in [6, 6.07) is 0. The molecule has 0 aromatic carbocycles. The Labute approximate surface area is 80.7 Å². The summed E-state index contributed by atoms with van der Waals surface area (Å²) in [4.78, 5) is 0. The third-order valence-corrected chi connectivity index (χ3v) is 4.21. The van der Waals surface area contributed by atoms with Crippen molar-refractivity contribution in [2.24, 2.45) is 23.7 Å². The minimum Gasteiger partial charge on any atom is -0.0882 e. The van der Waals surface area contributed by atoms with Crippen molar-refractivity contribution >= 4 is 0 Å². The minimum absolute atomic E-state index is 0.907. The van der Waals surface area contributed by atoms with Gasteiger partial charge in [0.2, 0.25) is 0 Å². The molecule has 0 N–H and O–H groups in total. The van der Waals surface area contributed by atoms with Crippen molar-refractivity contribution < 1.29 is 0 Å². The lowest BCUT2D eigenvalue weighted by Crippen LogP contribution is -2.18. The molecule has 3 rings (SSSR count). The predicted octanol–water partition coefficient (Wildman–Crippen LogP) is 3.55. The molecule has 2 bridgehead atoms. The zero-order chi connectivity index (χ0) is 8.67. The van der Waals surface area contributed by atoms with Gasteiger partial charge >= 0.3 is 0 Å². The third-order valence-electron chi connectivity index (χ3n) is 4.21. The molecule has 0 nitrogen and oxygen atoms in total. The largest absolute Gasteiger partial charge is 0.0882 e. The van der Waals surface area contributed by atoms with Gasteiger partial charge in [0.25, 0.3) is 0 Å². The third kappa shape index (κ3) is 1.19. The molecule has 0 heterocycles. The first-order valence-corrected chi connectivity index (χ1v) is 5.80. The normalized spacial score (nSPS) is 49.8. The monoisotopic (exact) mass is 174 g/mol. The number of fused-ring (bicyclic) bond motifs is 5. The molecule has 13 heavy (non-hydrogen) atoms. The van der Waals surface area contributed by atoms with Crippen LogP contribution < -0.4 is 0 Å². The Hall–Kier alpha value is -0.520. The van der Waals surface area contributed by atoms with Crippen LogP contribution in [-0.4, -0.2) is 0 Å². The maximum absolute atomic E-state index is 2.53. The molecule has 3 aliphatic carbocycles. The van der Waals surface area contributed by atoms with E-state index in [1.807, 2.05) is 0 Å². The Morgan fingerprint density at radius 1 is 0.923 bits per heavy atom. The molecule has 0 aromatic rings. The molecule has 0 aromatic heterocycles. The van der Waals surface area contributed by atoms with Crippen LogP contribution in [0, 0.1) is 23.7 Å². The molecular formula is C13H18. The fourth-order valence-corrected chi connectivity index (χ4v) is 3.55. The van der Waals surface area contributed by atoms with Crippen LogP contribution in [0.1, 0.15) is 32.1 Å². The minimum atomic E-state index is 0.907. The molecule has 0 heteroatoms. The van der Waals surface area contributed by atoms with E-state index in [-0.39, 0.29) is 0 Å². The molecule has 3 aliphatic rings. The molecule has 1 saturated carbocycles. The summed E-state index contributed by atoms with van der Waals surface area (Å²) in [6.45, 7) is 0. The maximum Gasteiger partial charge on any atom is -0.0136 e. The first-order chi connectivity index (χ1) is 6.45. The van der Waals surface area contributed by atoms with Gasteiger partial charge in [0.1, 0.15) is 0 Å². The lowest BCUT2D eigenvalue weighted by Gasteiger charge is -2.26. The lowest BCUT2D eigenvalue weighted by molar-refractivity contribution is 0.328. The van der Waals surface area contributed by atoms with Gasteiger partial charge in [-0.1, -0.05) is 30.7 Å². The zero-order valence-electron chi connectivity index (χ0n) is 8.15. The Morgan fingerprint density at radius 2 is 1.85 bits per heavy atom. The van der Waals surface area contributed by atoms with E-state index in [0.717, 1.165) is 23.7 Å². The molecule has 70 valence electrons. The SMILES string of the molecule is C1=CC2CC1C1/C=C\CCCCC21. The molecule has 1 fully saturated rings. The molecular weight excluding hydrogens is 156 g/mol. The lowest BCUT2D eigenvalue weighted by atomic mass is 9.78. The van der Waals surface area contributed by atoms with Gasteiger partial charge in [-0.2, -0.15) is 0 Å². The summed E-state index contributed by atoms with van der Waals surface area (Å²) in [6.07, 6.45) is 17.1. The summed E-state index contributed by atoms with van der Waals surface area (Å²) >= 11 is 0. The van der Waals surface area contributed by atoms with Crippen molar-refractivity contribution in [1.29, 1.82) is 0 Å². The number of hydrogen-bond acceptors (Lipinski definition) is 0. The summed E-state index contributed by atoms with van der Waals surface area (Å²) in [5.74, 6) is 3.77. The first kappa shape index (κ1) is 7.84. The molecule has 0 amide bonds. The summed E-state index contributed by atoms with van der Waals surface area (Å²) in [5, 5.41) is 0. The standard InChI is InChI=1S/C13H18/c1-2-4-6-13-11-8-7-10(9-11)12(13)5-3-1/h3,5,7-8,10-13H,1-2,4,6,9H2/b5-3-. The average molecular weight is 174 g/mol. The van der Waals surface area contributed by atoms with Crippen LogP contribution in [0.2, 0.25) is 0 Å². The molecule has 4 unspecified atom stereocenters. The van der Waals surface area contributed by atoms with E-state index in [2.05, 4.69) is 24.3 Å². The van der Waals surface area contributed by atoms with Gasteiger partial charge in [-0.25, -0.2) is 0 Å². The Balaban J connectivity index is 1.88. The number of hydrogen-bond donors (Lipinski definition) is 0. The van der Waals surface area contributed by atoms with Crippen LogP contribution in [0.3, 0.4) is 0 Å². The quantitative estimate of drug-likeness (QED) is 0.493. The second-order valence-electron chi connectivity index (χ2n) is 4.90. The van der Waals surface area contributed by atoms with Gasteiger partial charge in [-0.05, 0) is 49.4 Å². The topological polar surface area (TPSA) is 0 Å². The second-order valence-corrected chi connectivity index (χ2v) is 4.90. The number of allylic oxidation sites excluding steroid dienone is 4. The predicted molar refractivity (Wildman–Crippen MR) is 55.3 cm³/mol. The van der Waals surface area contributed by atoms with Gasteiger partial charge in [-0.15, -0.1) is 0 Å². The van der Waals surface area contributed by atoms with E-state index in [1.165, 1.54) is 32.1 Å². The van der Waals surface area contributed by atoms with Crippen molar-refractivity contribution in [1.82, 2.24) is 0 Å². The van der Waals surface area contributed by atoms with E-state index in [4.69, 9.17) is 0 Å². The fourth-order valence-electron chi connectivity index (χ4n) is 3.55. The molecule has 4 atom stereocenters. The van der Waals surface area contributed by atoms with Crippen LogP contribution in [0.15, 0.2) is 24.3 Å². The highest BCUT2D eigenvalue weighted by Crippen LogP contribution is 2.50. The van der Waals surface area contributed by atoms with E-state index in [0.29, 0.717) is 0 Å². The van der Waals surface area contributed by atoms with Crippen LogP contribution in [0.4, 0.5) is 0 Å². The van der Waals surface area contributed by atoms with Gasteiger partial charge in [0.15, 0.2) is 0 Å². The Kier molecular flexibility index (Phi) is 1.81. The Bertz CT molecular complexity index is 249. The van der Waals surface area contributed by atoms with Gasteiger partial charge in [0, 0.05) is 0 Å². The van der Waals surface area contributed by atoms with Crippen molar-refractivity contribution in [3.8, 4) is 0 Å². The van der Waals surface area contributed by atoms with Gasteiger partial charge < -0.3 is 0 Å². The second kappa shape index (κ2) is 3.01. The van der Waals surface area contributed by atoms with Crippen molar-refractivity contribution in [3.63, 3.8) is 0 Å². The van der Waals surface area contributed by atoms with Crippen molar-refractivity contribution in [2.75, 3.05) is 0 Å². The van der Waals surface area contributed by atoms with Crippen molar-refractivity contribution in [2.45, 2.75) is 32.1 Å². The molecule has 0 saturated heterocycles.